The van der Waals surface area contributed by atoms with E-state index in [1.807, 2.05) is 13.8 Å². The molecule has 1 aliphatic heterocycles. The summed E-state index contributed by atoms with van der Waals surface area (Å²) in [6.07, 6.45) is -0.0680. The second kappa shape index (κ2) is 6.61. The van der Waals surface area contributed by atoms with Gasteiger partial charge in [-0.2, -0.15) is 0 Å². The van der Waals surface area contributed by atoms with Crippen LogP contribution in [0, 0.1) is 10.1 Å². The minimum Gasteiger partial charge on any atom is -0.494 e. The van der Waals surface area contributed by atoms with Crippen LogP contribution in [0.3, 0.4) is 0 Å². The van der Waals surface area contributed by atoms with Crippen LogP contribution in [0.5, 0.6) is 5.75 Å². The Bertz CT molecular complexity index is 568. The van der Waals surface area contributed by atoms with Gasteiger partial charge in [0.2, 0.25) is 0 Å². The Labute approximate surface area is 128 Å². The lowest BCUT2D eigenvalue weighted by molar-refractivity contribution is -0.384. The fraction of sp³-hybridized carbons (Fsp3) is 0.500. The van der Waals surface area contributed by atoms with Gasteiger partial charge < -0.3 is 19.7 Å². The number of hydrogen-bond donors (Lipinski definition) is 1. The number of ether oxygens (including phenoxy) is 2. The fourth-order valence-electron chi connectivity index (χ4n) is 2.43. The number of carbonyl (C=O) groups is 1. The van der Waals surface area contributed by atoms with Crippen molar-refractivity contribution in [3.05, 3.63) is 28.3 Å². The van der Waals surface area contributed by atoms with Crippen molar-refractivity contribution in [3.63, 3.8) is 0 Å². The molecule has 0 bridgehead atoms. The van der Waals surface area contributed by atoms with E-state index in [0.717, 1.165) is 0 Å². The van der Waals surface area contributed by atoms with Crippen molar-refractivity contribution >= 4 is 17.4 Å². The number of nitrogens with zero attached hydrogens (tertiary/aromatic N) is 2. The van der Waals surface area contributed by atoms with Crippen LogP contribution in [0.2, 0.25) is 0 Å². The summed E-state index contributed by atoms with van der Waals surface area (Å²) in [7, 11) is 1.40. The highest BCUT2D eigenvalue weighted by Gasteiger charge is 2.26. The van der Waals surface area contributed by atoms with E-state index in [4.69, 9.17) is 9.47 Å². The molecule has 2 amide bonds. The second-order valence-electron chi connectivity index (χ2n) is 5.23. The van der Waals surface area contributed by atoms with Crippen molar-refractivity contribution in [2.24, 2.45) is 0 Å². The predicted octanol–water partition coefficient (Wildman–Crippen LogP) is 2.24. The molecule has 1 N–H and O–H groups in total. The minimum atomic E-state index is -0.514. The number of benzene rings is 1. The zero-order valence-corrected chi connectivity index (χ0v) is 12.7. The Morgan fingerprint density at radius 2 is 2.05 bits per heavy atom. The van der Waals surface area contributed by atoms with E-state index in [0.29, 0.717) is 18.8 Å². The standard InChI is InChI=1S/C14H19N3O5/c1-9-7-16(8-10(2)22-9)14(18)15-12-5-4-11(17(19)20)6-13(12)21-3/h4-6,9-10H,7-8H2,1-3H3,(H,15,18). The Morgan fingerprint density at radius 1 is 1.41 bits per heavy atom. The maximum atomic E-state index is 12.3. The smallest absolute Gasteiger partial charge is 0.322 e. The van der Waals surface area contributed by atoms with Crippen molar-refractivity contribution in [1.82, 2.24) is 4.90 Å². The van der Waals surface area contributed by atoms with Crippen LogP contribution in [-0.2, 0) is 4.74 Å². The molecule has 22 heavy (non-hydrogen) atoms. The molecule has 1 aromatic rings. The van der Waals surface area contributed by atoms with Crippen molar-refractivity contribution in [2.45, 2.75) is 26.1 Å². The molecule has 1 heterocycles. The second-order valence-corrected chi connectivity index (χ2v) is 5.23. The van der Waals surface area contributed by atoms with Gasteiger partial charge in [-0.15, -0.1) is 0 Å². The van der Waals surface area contributed by atoms with E-state index in [1.54, 1.807) is 4.90 Å². The summed E-state index contributed by atoms with van der Waals surface area (Å²) in [6.45, 7) is 4.79. The highest BCUT2D eigenvalue weighted by molar-refractivity contribution is 5.91. The van der Waals surface area contributed by atoms with E-state index in [9.17, 15) is 14.9 Å². The van der Waals surface area contributed by atoms with E-state index in [-0.39, 0.29) is 29.7 Å². The van der Waals surface area contributed by atoms with Crippen LogP contribution < -0.4 is 10.1 Å². The number of nitro benzene ring substituents is 1. The Kier molecular flexibility index (Phi) is 4.81. The number of non-ortho nitro benzene ring substituents is 1. The van der Waals surface area contributed by atoms with Crippen LogP contribution in [0.15, 0.2) is 18.2 Å². The summed E-state index contributed by atoms with van der Waals surface area (Å²) in [4.78, 5) is 24.2. The summed E-state index contributed by atoms with van der Waals surface area (Å²) >= 11 is 0. The Morgan fingerprint density at radius 3 is 2.59 bits per heavy atom. The summed E-state index contributed by atoms with van der Waals surface area (Å²) in [6, 6.07) is 3.78. The molecule has 120 valence electrons. The molecule has 0 spiro atoms. The lowest BCUT2D eigenvalue weighted by Gasteiger charge is -2.35. The molecule has 1 fully saturated rings. The third-order valence-corrected chi connectivity index (χ3v) is 3.34. The van der Waals surface area contributed by atoms with Crippen molar-refractivity contribution < 1.29 is 19.2 Å². The average Bonchev–Trinajstić information content (AvgIpc) is 2.46. The third kappa shape index (κ3) is 3.64. The summed E-state index contributed by atoms with van der Waals surface area (Å²) < 4.78 is 10.7. The molecule has 1 aliphatic rings. The van der Waals surface area contributed by atoms with Gasteiger partial charge in [-0.1, -0.05) is 0 Å². The van der Waals surface area contributed by atoms with E-state index in [2.05, 4.69) is 5.32 Å². The molecule has 1 aromatic carbocycles. The number of morpholine rings is 1. The molecule has 2 unspecified atom stereocenters. The first kappa shape index (κ1) is 16.0. The van der Waals surface area contributed by atoms with E-state index in [1.165, 1.54) is 25.3 Å². The summed E-state index contributed by atoms with van der Waals surface area (Å²) in [5, 5.41) is 13.5. The van der Waals surface area contributed by atoms with Crippen molar-refractivity contribution in [2.75, 3.05) is 25.5 Å². The lowest BCUT2D eigenvalue weighted by Crippen LogP contribution is -2.49. The molecule has 0 aromatic heterocycles. The van der Waals surface area contributed by atoms with E-state index < -0.39 is 4.92 Å². The van der Waals surface area contributed by atoms with Crippen molar-refractivity contribution in [1.29, 1.82) is 0 Å². The molecule has 8 heteroatoms. The third-order valence-electron chi connectivity index (χ3n) is 3.34. The zero-order chi connectivity index (χ0) is 16.3. The highest BCUT2D eigenvalue weighted by atomic mass is 16.6. The van der Waals surface area contributed by atoms with Gasteiger partial charge in [-0.25, -0.2) is 4.79 Å². The topological polar surface area (TPSA) is 93.9 Å². The molecule has 2 rings (SSSR count). The number of hydrogen-bond acceptors (Lipinski definition) is 5. The van der Waals surface area contributed by atoms with E-state index >= 15 is 0 Å². The van der Waals surface area contributed by atoms with Gasteiger partial charge in [0, 0.05) is 19.2 Å². The molecule has 8 nitrogen and oxygen atoms in total. The number of amides is 2. The van der Waals surface area contributed by atoms with Gasteiger partial charge in [0.05, 0.1) is 36.0 Å². The predicted molar refractivity (Wildman–Crippen MR) is 80.2 cm³/mol. The molecule has 0 saturated carbocycles. The van der Waals surface area contributed by atoms with Gasteiger partial charge in [-0.05, 0) is 19.9 Å². The molecular formula is C14H19N3O5. The molecule has 2 atom stereocenters. The fourth-order valence-corrected chi connectivity index (χ4v) is 2.43. The van der Waals surface area contributed by atoms with Gasteiger partial charge in [0.1, 0.15) is 5.75 Å². The number of nitro groups is 1. The lowest BCUT2D eigenvalue weighted by atomic mass is 10.2. The first-order valence-corrected chi connectivity index (χ1v) is 6.94. The van der Waals surface area contributed by atoms with Crippen LogP contribution >= 0.6 is 0 Å². The maximum Gasteiger partial charge on any atom is 0.322 e. The molecule has 0 radical (unpaired) electrons. The number of methoxy groups -OCH3 is 1. The first-order valence-electron chi connectivity index (χ1n) is 6.94. The molecular weight excluding hydrogens is 290 g/mol. The highest BCUT2D eigenvalue weighted by Crippen LogP contribution is 2.29. The number of urea groups is 1. The van der Waals surface area contributed by atoms with Gasteiger partial charge >= 0.3 is 6.03 Å². The van der Waals surface area contributed by atoms with Crippen LogP contribution in [0.4, 0.5) is 16.2 Å². The normalized spacial score (nSPS) is 21.3. The van der Waals surface area contributed by atoms with Crippen LogP contribution in [0.1, 0.15) is 13.8 Å². The van der Waals surface area contributed by atoms with Gasteiger partial charge in [0.15, 0.2) is 0 Å². The van der Waals surface area contributed by atoms with Crippen molar-refractivity contribution in [3.8, 4) is 5.75 Å². The van der Waals surface area contributed by atoms with Crippen LogP contribution in [-0.4, -0.2) is 48.3 Å². The summed E-state index contributed by atoms with van der Waals surface area (Å²) in [5.41, 5.74) is 0.299. The largest absolute Gasteiger partial charge is 0.494 e. The quantitative estimate of drug-likeness (QED) is 0.682. The number of carbonyl (C=O) groups excluding carboxylic acids is 1. The first-order chi connectivity index (χ1) is 10.4. The van der Waals surface area contributed by atoms with Gasteiger partial charge in [0.25, 0.3) is 5.69 Å². The zero-order valence-electron chi connectivity index (χ0n) is 12.7. The average molecular weight is 309 g/mol. The number of anilines is 1. The molecule has 0 aliphatic carbocycles. The maximum absolute atomic E-state index is 12.3. The SMILES string of the molecule is COc1cc([N+](=O)[O-])ccc1NC(=O)N1CC(C)OC(C)C1. The molecule has 1 saturated heterocycles. The Hall–Kier alpha value is -2.35. The number of nitrogens with one attached hydrogen (secondary N) is 1. The summed E-state index contributed by atoms with van der Waals surface area (Å²) in [5.74, 6) is 0.247. The Balaban J connectivity index is 2.12. The minimum absolute atomic E-state index is 0.0340. The monoisotopic (exact) mass is 309 g/mol. The van der Waals surface area contributed by atoms with Gasteiger partial charge in [-0.3, -0.25) is 10.1 Å². The number of rotatable bonds is 3. The van der Waals surface area contributed by atoms with Crippen LogP contribution in [0.25, 0.3) is 0 Å².